The Hall–Kier alpha value is -2.46. The zero-order chi connectivity index (χ0) is 16.9. The summed E-state index contributed by atoms with van der Waals surface area (Å²) in [5.41, 5.74) is 1.92. The third-order valence-corrected chi connectivity index (χ3v) is 4.07. The molecular formula is C19H18ClNO3. The first kappa shape index (κ1) is 16.4. The molecule has 1 amide bonds. The highest BCUT2D eigenvalue weighted by atomic mass is 35.5. The molecule has 2 aromatic rings. The highest BCUT2D eigenvalue weighted by Gasteiger charge is 2.13. The van der Waals surface area contributed by atoms with Crippen molar-refractivity contribution in [2.24, 2.45) is 0 Å². The van der Waals surface area contributed by atoms with Crippen molar-refractivity contribution in [2.75, 3.05) is 6.79 Å². The van der Waals surface area contributed by atoms with E-state index in [1.807, 2.05) is 49.4 Å². The number of benzene rings is 2. The van der Waals surface area contributed by atoms with Crippen LogP contribution in [0.5, 0.6) is 11.5 Å². The van der Waals surface area contributed by atoms with E-state index in [2.05, 4.69) is 5.32 Å². The number of fused-ring (bicyclic) bond motifs is 1. The Bertz CT molecular complexity index is 756. The minimum Gasteiger partial charge on any atom is -0.454 e. The summed E-state index contributed by atoms with van der Waals surface area (Å²) in [6.07, 6.45) is 4.08. The fraction of sp³-hybridized carbons (Fsp3) is 0.211. The van der Waals surface area contributed by atoms with E-state index < -0.39 is 0 Å². The molecule has 4 nitrogen and oxygen atoms in total. The van der Waals surface area contributed by atoms with E-state index in [9.17, 15) is 4.79 Å². The fourth-order valence-electron chi connectivity index (χ4n) is 2.52. The molecule has 124 valence electrons. The molecule has 1 aliphatic heterocycles. The van der Waals surface area contributed by atoms with Crippen molar-refractivity contribution in [1.82, 2.24) is 5.32 Å². The minimum atomic E-state index is -0.144. The van der Waals surface area contributed by atoms with Crippen LogP contribution >= 0.6 is 11.6 Å². The number of carbonyl (C=O) groups excluding carboxylic acids is 1. The molecule has 1 unspecified atom stereocenters. The summed E-state index contributed by atoms with van der Waals surface area (Å²) < 4.78 is 10.6. The number of rotatable bonds is 5. The molecule has 5 heteroatoms. The maximum atomic E-state index is 12.2. The second-order valence-electron chi connectivity index (χ2n) is 5.47. The van der Waals surface area contributed by atoms with Gasteiger partial charge in [0.1, 0.15) is 0 Å². The van der Waals surface area contributed by atoms with Crippen LogP contribution in [0.3, 0.4) is 0 Å². The summed E-state index contributed by atoms with van der Waals surface area (Å²) in [4.78, 5) is 12.2. The van der Waals surface area contributed by atoms with E-state index in [1.54, 1.807) is 6.08 Å². The second kappa shape index (κ2) is 7.41. The van der Waals surface area contributed by atoms with Gasteiger partial charge in [0.05, 0.1) is 6.04 Å². The van der Waals surface area contributed by atoms with E-state index in [0.717, 1.165) is 23.3 Å². The fourth-order valence-corrected chi connectivity index (χ4v) is 2.65. The van der Waals surface area contributed by atoms with Crippen LogP contribution in [0.15, 0.2) is 48.5 Å². The van der Waals surface area contributed by atoms with Gasteiger partial charge in [0.2, 0.25) is 12.7 Å². The summed E-state index contributed by atoms with van der Waals surface area (Å²) in [5, 5.41) is 3.68. The van der Waals surface area contributed by atoms with Crippen molar-refractivity contribution < 1.29 is 14.3 Å². The van der Waals surface area contributed by atoms with Crippen LogP contribution in [0, 0.1) is 0 Å². The van der Waals surface area contributed by atoms with E-state index in [0.29, 0.717) is 10.8 Å². The predicted molar refractivity (Wildman–Crippen MR) is 94.2 cm³/mol. The Balaban J connectivity index is 1.64. The van der Waals surface area contributed by atoms with Gasteiger partial charge in [0.15, 0.2) is 11.5 Å². The van der Waals surface area contributed by atoms with Crippen LogP contribution in [0.25, 0.3) is 6.08 Å². The first-order valence-electron chi connectivity index (χ1n) is 7.79. The maximum absolute atomic E-state index is 12.2. The number of carbonyl (C=O) groups is 1. The lowest BCUT2D eigenvalue weighted by atomic mass is 10.0. The lowest BCUT2D eigenvalue weighted by Crippen LogP contribution is -2.26. The summed E-state index contributed by atoms with van der Waals surface area (Å²) >= 11 is 5.91. The zero-order valence-corrected chi connectivity index (χ0v) is 14.0. The van der Waals surface area contributed by atoms with E-state index in [1.165, 1.54) is 6.08 Å². The van der Waals surface area contributed by atoms with E-state index in [-0.39, 0.29) is 18.7 Å². The number of halogens is 1. The quantitative estimate of drug-likeness (QED) is 0.821. The van der Waals surface area contributed by atoms with Crippen molar-refractivity contribution >= 4 is 23.6 Å². The molecule has 0 spiro atoms. The van der Waals surface area contributed by atoms with Crippen molar-refractivity contribution in [2.45, 2.75) is 19.4 Å². The third-order valence-electron chi connectivity index (χ3n) is 3.82. The van der Waals surface area contributed by atoms with Gasteiger partial charge >= 0.3 is 0 Å². The molecule has 1 aliphatic rings. The molecule has 24 heavy (non-hydrogen) atoms. The third kappa shape index (κ3) is 3.89. The van der Waals surface area contributed by atoms with E-state index in [4.69, 9.17) is 21.1 Å². The Morgan fingerprint density at radius 3 is 2.71 bits per heavy atom. The Kier molecular flexibility index (Phi) is 5.06. The minimum absolute atomic E-state index is 0.0452. The van der Waals surface area contributed by atoms with Crippen molar-refractivity contribution in [3.63, 3.8) is 0 Å². The molecule has 0 aromatic heterocycles. The van der Waals surface area contributed by atoms with Crippen LogP contribution < -0.4 is 14.8 Å². The van der Waals surface area contributed by atoms with Gasteiger partial charge in [0, 0.05) is 11.1 Å². The van der Waals surface area contributed by atoms with Gasteiger partial charge in [-0.1, -0.05) is 36.7 Å². The molecule has 1 atom stereocenters. The molecule has 3 rings (SSSR count). The number of amides is 1. The smallest absolute Gasteiger partial charge is 0.244 e. The van der Waals surface area contributed by atoms with Crippen molar-refractivity contribution in [1.29, 1.82) is 0 Å². The zero-order valence-electron chi connectivity index (χ0n) is 13.3. The molecule has 0 radical (unpaired) electrons. The number of ether oxygens (including phenoxy) is 2. The van der Waals surface area contributed by atoms with Gasteiger partial charge in [-0.05, 0) is 47.9 Å². The van der Waals surface area contributed by atoms with Crippen molar-refractivity contribution in [3.05, 3.63) is 64.7 Å². The molecule has 1 N–H and O–H groups in total. The maximum Gasteiger partial charge on any atom is 0.244 e. The molecule has 0 aliphatic carbocycles. The largest absolute Gasteiger partial charge is 0.454 e. The van der Waals surface area contributed by atoms with Crippen LogP contribution in [0.4, 0.5) is 0 Å². The Morgan fingerprint density at radius 1 is 1.21 bits per heavy atom. The van der Waals surface area contributed by atoms with Gasteiger partial charge < -0.3 is 14.8 Å². The first-order valence-corrected chi connectivity index (χ1v) is 8.17. The molecular weight excluding hydrogens is 326 g/mol. The SMILES string of the molecule is CCC(NC(=O)C=Cc1ccc2c(c1)OCO2)c1ccc(Cl)cc1. The average Bonchev–Trinajstić information content (AvgIpc) is 3.06. The lowest BCUT2D eigenvalue weighted by Gasteiger charge is -2.16. The predicted octanol–water partition coefficient (Wildman–Crippen LogP) is 4.35. The summed E-state index contributed by atoms with van der Waals surface area (Å²) in [6.45, 7) is 2.27. The Labute approximate surface area is 146 Å². The lowest BCUT2D eigenvalue weighted by molar-refractivity contribution is -0.117. The molecule has 1 heterocycles. The first-order chi connectivity index (χ1) is 11.7. The van der Waals surface area contributed by atoms with Gasteiger partial charge in [0.25, 0.3) is 0 Å². The second-order valence-corrected chi connectivity index (χ2v) is 5.90. The number of nitrogens with one attached hydrogen (secondary N) is 1. The highest BCUT2D eigenvalue weighted by molar-refractivity contribution is 6.30. The van der Waals surface area contributed by atoms with Crippen LogP contribution in [0.1, 0.15) is 30.5 Å². The summed E-state index contributed by atoms with van der Waals surface area (Å²) in [6, 6.07) is 13.0. The van der Waals surface area contributed by atoms with Crippen LogP contribution in [0.2, 0.25) is 5.02 Å². The van der Waals surface area contributed by atoms with E-state index >= 15 is 0 Å². The molecule has 0 bridgehead atoms. The topological polar surface area (TPSA) is 47.6 Å². The normalized spacial score (nSPS) is 13.9. The summed E-state index contributed by atoms with van der Waals surface area (Å²) in [7, 11) is 0. The van der Waals surface area contributed by atoms with Gasteiger partial charge in [-0.3, -0.25) is 4.79 Å². The Morgan fingerprint density at radius 2 is 1.96 bits per heavy atom. The number of hydrogen-bond acceptors (Lipinski definition) is 3. The van der Waals surface area contributed by atoms with Gasteiger partial charge in [-0.2, -0.15) is 0 Å². The monoisotopic (exact) mass is 343 g/mol. The standard InChI is InChI=1S/C19H18ClNO3/c1-2-16(14-5-7-15(20)8-6-14)21-19(22)10-4-13-3-9-17-18(11-13)24-12-23-17/h3-11,16H,2,12H2,1H3,(H,21,22). The highest BCUT2D eigenvalue weighted by Crippen LogP contribution is 2.32. The van der Waals surface area contributed by atoms with Crippen LogP contribution in [-0.4, -0.2) is 12.7 Å². The average molecular weight is 344 g/mol. The van der Waals surface area contributed by atoms with Gasteiger partial charge in [-0.25, -0.2) is 0 Å². The molecule has 0 fully saturated rings. The molecule has 0 saturated heterocycles. The van der Waals surface area contributed by atoms with Crippen LogP contribution in [-0.2, 0) is 4.79 Å². The summed E-state index contributed by atoms with van der Waals surface area (Å²) in [5.74, 6) is 1.28. The number of hydrogen-bond donors (Lipinski definition) is 1. The van der Waals surface area contributed by atoms with Gasteiger partial charge in [-0.15, -0.1) is 0 Å². The molecule has 0 saturated carbocycles. The molecule has 2 aromatic carbocycles. The van der Waals surface area contributed by atoms with Crippen molar-refractivity contribution in [3.8, 4) is 11.5 Å².